The predicted molar refractivity (Wildman–Crippen MR) is 117 cm³/mol. The van der Waals surface area contributed by atoms with E-state index in [1.54, 1.807) is 14.2 Å². The molecule has 0 bridgehead atoms. The highest BCUT2D eigenvalue weighted by Crippen LogP contribution is 2.28. The summed E-state index contributed by atoms with van der Waals surface area (Å²) in [6.45, 7) is 8.66. The lowest BCUT2D eigenvalue weighted by Crippen LogP contribution is -2.37. The molecular formula is C23H40N2O4. The Kier molecular flexibility index (Phi) is 10.2. The molecule has 0 spiro atoms. The van der Waals surface area contributed by atoms with Crippen LogP contribution in [0.3, 0.4) is 0 Å². The number of aliphatic hydroxyl groups is 1. The minimum absolute atomic E-state index is 0.199. The van der Waals surface area contributed by atoms with E-state index >= 15 is 0 Å². The fourth-order valence-electron chi connectivity index (χ4n) is 3.55. The normalized spacial score (nSPS) is 17.4. The SMILES string of the molecule is COc1cc(CNCC(C)(C)OC)ccc1OC[C@@H](O)CN1CCCCCCC1. The molecule has 1 aromatic carbocycles. The first kappa shape index (κ1) is 23.9. The number of nitrogens with one attached hydrogen (secondary N) is 1. The third-order valence-corrected chi connectivity index (χ3v) is 5.51. The van der Waals surface area contributed by atoms with Crippen molar-refractivity contribution in [1.82, 2.24) is 10.2 Å². The number of hydrogen-bond acceptors (Lipinski definition) is 6. The van der Waals surface area contributed by atoms with Crippen LogP contribution in [-0.4, -0.2) is 68.7 Å². The molecule has 1 atom stereocenters. The summed E-state index contributed by atoms with van der Waals surface area (Å²) in [5.74, 6) is 1.36. The lowest BCUT2D eigenvalue weighted by molar-refractivity contribution is 0.0230. The number of likely N-dealkylation sites (tertiary alicyclic amines) is 1. The van der Waals surface area contributed by atoms with Gasteiger partial charge in [0, 0.05) is 26.7 Å². The fourth-order valence-corrected chi connectivity index (χ4v) is 3.55. The lowest BCUT2D eigenvalue weighted by Gasteiger charge is -2.26. The van der Waals surface area contributed by atoms with Crippen molar-refractivity contribution in [2.45, 2.75) is 64.2 Å². The highest BCUT2D eigenvalue weighted by Gasteiger charge is 2.17. The van der Waals surface area contributed by atoms with E-state index in [9.17, 15) is 5.11 Å². The summed E-state index contributed by atoms with van der Waals surface area (Å²) < 4.78 is 16.8. The summed E-state index contributed by atoms with van der Waals surface area (Å²) in [5.41, 5.74) is 0.915. The van der Waals surface area contributed by atoms with Crippen molar-refractivity contribution < 1.29 is 19.3 Å². The maximum Gasteiger partial charge on any atom is 0.161 e. The zero-order valence-corrected chi connectivity index (χ0v) is 18.7. The van der Waals surface area contributed by atoms with Crippen molar-refractivity contribution in [3.8, 4) is 11.5 Å². The Bertz CT molecular complexity index is 586. The Labute approximate surface area is 176 Å². The molecule has 166 valence electrons. The highest BCUT2D eigenvalue weighted by atomic mass is 16.5. The molecular weight excluding hydrogens is 368 g/mol. The van der Waals surface area contributed by atoms with Crippen LogP contribution < -0.4 is 14.8 Å². The van der Waals surface area contributed by atoms with E-state index in [0.717, 1.165) is 31.7 Å². The minimum Gasteiger partial charge on any atom is -0.493 e. The van der Waals surface area contributed by atoms with Gasteiger partial charge in [-0.1, -0.05) is 25.3 Å². The standard InChI is InChI=1S/C23H40N2O4/c1-23(2,28-4)18-24-15-19-10-11-21(22(14-19)27-3)29-17-20(26)16-25-12-8-6-5-7-9-13-25/h10-11,14,20,24,26H,5-9,12-13,15-18H2,1-4H3/t20-/m0/s1. The first-order chi connectivity index (χ1) is 13.9. The van der Waals surface area contributed by atoms with Crippen molar-refractivity contribution >= 4 is 0 Å². The molecule has 2 N–H and O–H groups in total. The van der Waals surface area contributed by atoms with E-state index in [4.69, 9.17) is 14.2 Å². The number of benzene rings is 1. The van der Waals surface area contributed by atoms with Crippen LogP contribution in [0.15, 0.2) is 18.2 Å². The summed E-state index contributed by atoms with van der Waals surface area (Å²) in [5, 5.41) is 13.8. The maximum absolute atomic E-state index is 10.4. The second kappa shape index (κ2) is 12.4. The average molecular weight is 409 g/mol. The summed E-state index contributed by atoms with van der Waals surface area (Å²) >= 11 is 0. The van der Waals surface area contributed by atoms with Crippen LogP contribution >= 0.6 is 0 Å². The van der Waals surface area contributed by atoms with Gasteiger partial charge in [-0.2, -0.15) is 0 Å². The van der Waals surface area contributed by atoms with E-state index in [1.165, 1.54) is 32.1 Å². The molecule has 1 fully saturated rings. The molecule has 1 heterocycles. The van der Waals surface area contributed by atoms with E-state index in [-0.39, 0.29) is 12.2 Å². The van der Waals surface area contributed by atoms with Gasteiger partial charge in [0.2, 0.25) is 0 Å². The zero-order valence-electron chi connectivity index (χ0n) is 18.7. The Morgan fingerprint density at radius 2 is 1.76 bits per heavy atom. The van der Waals surface area contributed by atoms with Gasteiger partial charge >= 0.3 is 0 Å². The largest absolute Gasteiger partial charge is 0.493 e. The lowest BCUT2D eigenvalue weighted by atomic mass is 10.1. The van der Waals surface area contributed by atoms with Gasteiger partial charge in [-0.3, -0.25) is 0 Å². The maximum atomic E-state index is 10.4. The van der Waals surface area contributed by atoms with Crippen LogP contribution in [0, 0.1) is 0 Å². The number of ether oxygens (including phenoxy) is 3. The van der Waals surface area contributed by atoms with Crippen molar-refractivity contribution in [3.63, 3.8) is 0 Å². The molecule has 1 saturated heterocycles. The Balaban J connectivity index is 1.81. The van der Waals surface area contributed by atoms with Gasteiger partial charge in [-0.15, -0.1) is 0 Å². The molecule has 0 radical (unpaired) electrons. The predicted octanol–water partition coefficient (Wildman–Crippen LogP) is 3.22. The molecule has 0 amide bonds. The molecule has 0 unspecified atom stereocenters. The van der Waals surface area contributed by atoms with E-state index < -0.39 is 6.10 Å². The smallest absolute Gasteiger partial charge is 0.161 e. The first-order valence-corrected chi connectivity index (χ1v) is 10.9. The molecule has 0 saturated carbocycles. The van der Waals surface area contributed by atoms with E-state index in [2.05, 4.69) is 24.1 Å². The molecule has 29 heavy (non-hydrogen) atoms. The highest BCUT2D eigenvalue weighted by molar-refractivity contribution is 5.43. The van der Waals surface area contributed by atoms with Crippen LogP contribution in [0.2, 0.25) is 0 Å². The van der Waals surface area contributed by atoms with Crippen LogP contribution in [0.4, 0.5) is 0 Å². The number of methoxy groups -OCH3 is 2. The zero-order chi connectivity index (χ0) is 21.1. The quantitative estimate of drug-likeness (QED) is 0.586. The van der Waals surface area contributed by atoms with Gasteiger partial charge in [0.05, 0.1) is 12.7 Å². The molecule has 0 aromatic heterocycles. The van der Waals surface area contributed by atoms with Gasteiger partial charge in [-0.05, 0) is 57.5 Å². The monoisotopic (exact) mass is 408 g/mol. The van der Waals surface area contributed by atoms with Gasteiger partial charge in [0.25, 0.3) is 0 Å². The van der Waals surface area contributed by atoms with Crippen molar-refractivity contribution in [2.75, 3.05) is 47.0 Å². The average Bonchev–Trinajstić information content (AvgIpc) is 2.68. The second-order valence-corrected chi connectivity index (χ2v) is 8.59. The van der Waals surface area contributed by atoms with Crippen molar-refractivity contribution in [1.29, 1.82) is 0 Å². The first-order valence-electron chi connectivity index (χ1n) is 10.9. The van der Waals surface area contributed by atoms with Crippen molar-refractivity contribution in [3.05, 3.63) is 23.8 Å². The van der Waals surface area contributed by atoms with Gasteiger partial charge in [0.1, 0.15) is 12.7 Å². The summed E-state index contributed by atoms with van der Waals surface area (Å²) in [6, 6.07) is 5.92. The molecule has 1 aliphatic heterocycles. The Hall–Kier alpha value is -1.34. The summed E-state index contributed by atoms with van der Waals surface area (Å²) in [7, 11) is 3.36. The van der Waals surface area contributed by atoms with E-state index in [0.29, 0.717) is 18.0 Å². The second-order valence-electron chi connectivity index (χ2n) is 8.59. The number of hydrogen-bond donors (Lipinski definition) is 2. The molecule has 6 heteroatoms. The van der Waals surface area contributed by atoms with Gasteiger partial charge in [-0.25, -0.2) is 0 Å². The topological polar surface area (TPSA) is 63.2 Å². The van der Waals surface area contributed by atoms with Crippen LogP contribution in [-0.2, 0) is 11.3 Å². The van der Waals surface area contributed by atoms with Crippen LogP contribution in [0.1, 0.15) is 51.5 Å². The molecule has 6 nitrogen and oxygen atoms in total. The summed E-state index contributed by atoms with van der Waals surface area (Å²) in [6.07, 6.45) is 5.87. The summed E-state index contributed by atoms with van der Waals surface area (Å²) in [4.78, 5) is 2.36. The molecule has 1 aliphatic rings. The van der Waals surface area contributed by atoms with Gasteiger partial charge < -0.3 is 29.5 Å². The number of rotatable bonds is 11. The van der Waals surface area contributed by atoms with Crippen molar-refractivity contribution in [2.24, 2.45) is 0 Å². The van der Waals surface area contributed by atoms with Gasteiger partial charge in [0.15, 0.2) is 11.5 Å². The Morgan fingerprint density at radius 1 is 1.07 bits per heavy atom. The molecule has 0 aliphatic carbocycles. The third-order valence-electron chi connectivity index (χ3n) is 5.51. The Morgan fingerprint density at radius 3 is 2.41 bits per heavy atom. The van der Waals surface area contributed by atoms with Crippen LogP contribution in [0.5, 0.6) is 11.5 Å². The minimum atomic E-state index is -0.503. The molecule has 1 aromatic rings. The fraction of sp³-hybridized carbons (Fsp3) is 0.739. The van der Waals surface area contributed by atoms with E-state index in [1.807, 2.05) is 18.2 Å². The number of aliphatic hydroxyl groups excluding tert-OH is 1. The molecule has 2 rings (SSSR count). The number of β-amino-alcohol motifs (C(OH)–C–C–N with tert-alkyl or cyclic N) is 1. The third kappa shape index (κ3) is 8.91. The number of nitrogens with zero attached hydrogens (tertiary/aromatic N) is 1. The van der Waals surface area contributed by atoms with Crippen LogP contribution in [0.25, 0.3) is 0 Å².